The summed E-state index contributed by atoms with van der Waals surface area (Å²) >= 11 is 12.2. The molecule has 1 heterocycles. The molecule has 4 aromatic rings. The van der Waals surface area contributed by atoms with Gasteiger partial charge in [-0.05, 0) is 30.3 Å². The fraction of sp³-hybridized carbons (Fsp3) is 0.0833. The van der Waals surface area contributed by atoms with Crippen molar-refractivity contribution in [3.8, 4) is 28.4 Å². The number of hydrogen-bond acceptors (Lipinski definition) is 6. The lowest BCUT2D eigenvalue weighted by Gasteiger charge is -2.12. The zero-order valence-electron chi connectivity index (χ0n) is 17.0. The predicted octanol–water partition coefficient (Wildman–Crippen LogP) is 6.00. The zero-order valence-corrected chi connectivity index (χ0v) is 18.5. The second kappa shape index (κ2) is 8.94. The summed E-state index contributed by atoms with van der Waals surface area (Å²) in [7, 11) is 2.90. The average molecular weight is 471 g/mol. The maximum atomic E-state index is 13.0. The minimum atomic E-state index is -0.762. The second-order valence-corrected chi connectivity index (χ2v) is 7.48. The lowest BCUT2D eigenvalue weighted by molar-refractivity contribution is 0.0731. The molecule has 0 saturated carbocycles. The van der Waals surface area contributed by atoms with E-state index in [1.165, 1.54) is 50.8 Å². The molecule has 0 aliphatic carbocycles. The predicted molar refractivity (Wildman–Crippen MR) is 122 cm³/mol. The highest BCUT2D eigenvalue weighted by Crippen LogP contribution is 2.35. The molecule has 0 unspecified atom stereocenters. The first kappa shape index (κ1) is 21.7. The molecule has 3 aromatic carbocycles. The Bertz CT molecular complexity index is 1390. The smallest absolute Gasteiger partial charge is 0.348 e. The number of para-hydroxylation sites is 1. The van der Waals surface area contributed by atoms with Crippen molar-refractivity contribution in [3.05, 3.63) is 86.7 Å². The molecule has 1 aromatic heterocycles. The Morgan fingerprint density at radius 1 is 0.906 bits per heavy atom. The zero-order chi connectivity index (χ0) is 22.8. The number of rotatable bonds is 5. The fourth-order valence-corrected chi connectivity index (χ4v) is 3.77. The van der Waals surface area contributed by atoms with E-state index in [-0.39, 0.29) is 38.1 Å². The van der Waals surface area contributed by atoms with Crippen molar-refractivity contribution in [1.82, 2.24) is 0 Å². The van der Waals surface area contributed by atoms with Crippen LogP contribution in [0.15, 0.2) is 70.1 Å². The Hall–Kier alpha value is -3.48. The highest BCUT2D eigenvalue weighted by molar-refractivity contribution is 6.37. The van der Waals surface area contributed by atoms with Crippen LogP contribution in [0.3, 0.4) is 0 Å². The molecule has 0 radical (unpaired) electrons. The molecular formula is C24H16Cl2O6. The maximum Gasteiger partial charge on any atom is 0.348 e. The number of methoxy groups -OCH3 is 2. The van der Waals surface area contributed by atoms with E-state index < -0.39 is 5.97 Å². The largest absolute Gasteiger partial charge is 0.496 e. The molecule has 4 rings (SSSR count). The molecule has 0 amide bonds. The molecular weight excluding hydrogens is 455 g/mol. The summed E-state index contributed by atoms with van der Waals surface area (Å²) in [6, 6.07) is 14.6. The summed E-state index contributed by atoms with van der Waals surface area (Å²) in [5, 5.41) is 0.675. The number of benzene rings is 3. The highest BCUT2D eigenvalue weighted by Gasteiger charge is 2.22. The monoisotopic (exact) mass is 470 g/mol. The van der Waals surface area contributed by atoms with E-state index >= 15 is 0 Å². The topological polar surface area (TPSA) is 75.0 Å². The molecule has 0 atom stereocenters. The van der Waals surface area contributed by atoms with Gasteiger partial charge in [0.25, 0.3) is 0 Å². The standard InChI is InChI=1S/C24H16Cl2O6/c1-29-19-6-4-3-5-14(19)16-12-31-20-11-13(7-8-15(20)22(16)27)32-24(28)21-17(25)9-10-18(26)23(21)30-2/h3-12H,1-2H3. The van der Waals surface area contributed by atoms with Crippen LogP contribution in [0, 0.1) is 0 Å². The average Bonchev–Trinajstić information content (AvgIpc) is 2.80. The van der Waals surface area contributed by atoms with Crippen LogP contribution >= 0.6 is 23.2 Å². The van der Waals surface area contributed by atoms with Crippen molar-refractivity contribution in [2.45, 2.75) is 0 Å². The fourth-order valence-electron chi connectivity index (χ4n) is 3.31. The van der Waals surface area contributed by atoms with Gasteiger partial charge in [-0.3, -0.25) is 4.79 Å². The van der Waals surface area contributed by atoms with Crippen LogP contribution in [0.25, 0.3) is 22.1 Å². The molecule has 0 fully saturated rings. The van der Waals surface area contributed by atoms with Crippen molar-refractivity contribution in [1.29, 1.82) is 0 Å². The normalized spacial score (nSPS) is 10.8. The third kappa shape index (κ3) is 3.90. The molecule has 0 N–H and O–H groups in total. The van der Waals surface area contributed by atoms with Gasteiger partial charge < -0.3 is 18.6 Å². The van der Waals surface area contributed by atoms with Gasteiger partial charge >= 0.3 is 5.97 Å². The number of esters is 1. The van der Waals surface area contributed by atoms with Crippen LogP contribution in [0.2, 0.25) is 10.0 Å². The highest BCUT2D eigenvalue weighted by atomic mass is 35.5. The van der Waals surface area contributed by atoms with Gasteiger partial charge in [-0.1, -0.05) is 41.4 Å². The Morgan fingerprint density at radius 3 is 2.41 bits per heavy atom. The minimum Gasteiger partial charge on any atom is -0.496 e. The molecule has 0 aliphatic rings. The van der Waals surface area contributed by atoms with E-state index in [4.69, 9.17) is 41.8 Å². The van der Waals surface area contributed by atoms with Crippen molar-refractivity contribution in [3.63, 3.8) is 0 Å². The van der Waals surface area contributed by atoms with Crippen molar-refractivity contribution in [2.75, 3.05) is 14.2 Å². The first-order valence-electron chi connectivity index (χ1n) is 9.37. The van der Waals surface area contributed by atoms with Gasteiger partial charge in [0, 0.05) is 11.6 Å². The summed E-state index contributed by atoms with van der Waals surface area (Å²) in [5.41, 5.74) is 0.977. The van der Waals surface area contributed by atoms with Crippen molar-refractivity contribution in [2.24, 2.45) is 0 Å². The first-order valence-corrected chi connectivity index (χ1v) is 10.1. The van der Waals surface area contributed by atoms with Crippen LogP contribution in [-0.4, -0.2) is 20.2 Å². The van der Waals surface area contributed by atoms with Crippen LogP contribution in [0.5, 0.6) is 17.2 Å². The third-order valence-corrected chi connectivity index (χ3v) is 5.43. The molecule has 0 aliphatic heterocycles. The van der Waals surface area contributed by atoms with Crippen molar-refractivity contribution >= 4 is 40.1 Å². The van der Waals surface area contributed by atoms with Crippen LogP contribution in [0.4, 0.5) is 0 Å². The first-order chi connectivity index (χ1) is 15.4. The summed E-state index contributed by atoms with van der Waals surface area (Å²) < 4.78 is 21.6. The van der Waals surface area contributed by atoms with Gasteiger partial charge in [-0.2, -0.15) is 0 Å². The molecule has 0 bridgehead atoms. The molecule has 32 heavy (non-hydrogen) atoms. The molecule has 0 saturated heterocycles. The van der Waals surface area contributed by atoms with Crippen LogP contribution in [-0.2, 0) is 0 Å². The van der Waals surface area contributed by atoms with Crippen molar-refractivity contribution < 1.29 is 23.4 Å². The van der Waals surface area contributed by atoms with Gasteiger partial charge in [0.05, 0.1) is 35.2 Å². The van der Waals surface area contributed by atoms with E-state index in [0.717, 1.165) is 0 Å². The summed E-state index contributed by atoms with van der Waals surface area (Å²) in [5.74, 6) is 0.0606. The Morgan fingerprint density at radius 2 is 1.66 bits per heavy atom. The van der Waals surface area contributed by atoms with E-state index in [9.17, 15) is 9.59 Å². The van der Waals surface area contributed by atoms with Gasteiger partial charge in [-0.15, -0.1) is 0 Å². The molecule has 8 heteroatoms. The lowest BCUT2D eigenvalue weighted by atomic mass is 10.0. The Balaban J connectivity index is 1.71. The van der Waals surface area contributed by atoms with Gasteiger partial charge in [0.2, 0.25) is 5.43 Å². The minimum absolute atomic E-state index is 0.00487. The number of halogens is 2. The summed E-state index contributed by atoms with van der Waals surface area (Å²) in [6.07, 6.45) is 1.35. The van der Waals surface area contributed by atoms with E-state index in [1.807, 2.05) is 6.07 Å². The lowest BCUT2D eigenvalue weighted by Crippen LogP contribution is -2.11. The molecule has 6 nitrogen and oxygen atoms in total. The molecule has 162 valence electrons. The van der Waals surface area contributed by atoms with E-state index in [2.05, 4.69) is 0 Å². The number of carbonyl (C=O) groups excluding carboxylic acids is 1. The summed E-state index contributed by atoms with van der Waals surface area (Å²) in [6.45, 7) is 0. The van der Waals surface area contributed by atoms with E-state index in [0.29, 0.717) is 22.3 Å². The second-order valence-electron chi connectivity index (χ2n) is 6.66. The Labute approximate surface area is 192 Å². The number of hydrogen-bond donors (Lipinski definition) is 0. The Kier molecular flexibility index (Phi) is 6.08. The number of ether oxygens (including phenoxy) is 3. The maximum absolute atomic E-state index is 13.0. The van der Waals surface area contributed by atoms with Crippen LogP contribution in [0.1, 0.15) is 10.4 Å². The van der Waals surface area contributed by atoms with Gasteiger partial charge in [0.15, 0.2) is 5.75 Å². The molecule has 0 spiro atoms. The van der Waals surface area contributed by atoms with Gasteiger partial charge in [-0.25, -0.2) is 4.79 Å². The SMILES string of the molecule is COc1ccccc1-c1coc2cc(OC(=O)c3c(Cl)ccc(Cl)c3OC)ccc2c1=O. The summed E-state index contributed by atoms with van der Waals surface area (Å²) in [4.78, 5) is 25.8. The number of fused-ring (bicyclic) bond motifs is 1. The van der Waals surface area contributed by atoms with Crippen LogP contribution < -0.4 is 19.6 Å². The number of carbonyl (C=O) groups is 1. The third-order valence-electron chi connectivity index (χ3n) is 4.82. The van der Waals surface area contributed by atoms with Gasteiger partial charge in [0.1, 0.15) is 28.9 Å². The van der Waals surface area contributed by atoms with E-state index in [1.54, 1.807) is 18.2 Å². The quantitative estimate of drug-likeness (QED) is 0.263.